The number of aromatic nitrogens is 2. The molecule has 3 aromatic rings. The largest absolute Gasteiger partial charge is 0.331 e. The lowest BCUT2D eigenvalue weighted by Crippen LogP contribution is -2.41. The number of hydrogen-bond donors (Lipinski definition) is 2. The van der Waals surface area contributed by atoms with E-state index in [2.05, 4.69) is 15.5 Å². The van der Waals surface area contributed by atoms with Crippen molar-refractivity contribution < 1.29 is 22.4 Å². The number of carbonyl (C=O) groups is 1. The molecule has 2 heterocycles. The average Bonchev–Trinajstić information content (AvgIpc) is 3.35. The van der Waals surface area contributed by atoms with Gasteiger partial charge in [0.2, 0.25) is 5.95 Å². The summed E-state index contributed by atoms with van der Waals surface area (Å²) in [4.78, 5) is 16.4. The lowest BCUT2D eigenvalue weighted by atomic mass is 10.0. The first kappa shape index (κ1) is 22.8. The number of halogens is 4. The molecule has 0 spiro atoms. The van der Waals surface area contributed by atoms with E-state index >= 15 is 0 Å². The number of urea groups is 1. The summed E-state index contributed by atoms with van der Waals surface area (Å²) in [5.74, 6) is -2.97. The summed E-state index contributed by atoms with van der Waals surface area (Å²) < 4.78 is 56.2. The molecular formula is C23H23F4N5O. The van der Waals surface area contributed by atoms with Crippen LogP contribution < -0.4 is 10.2 Å². The van der Waals surface area contributed by atoms with Gasteiger partial charge < -0.3 is 10.2 Å². The van der Waals surface area contributed by atoms with Crippen molar-refractivity contribution in [1.82, 2.24) is 20.4 Å². The molecule has 6 nitrogen and oxygen atoms in total. The Morgan fingerprint density at radius 1 is 1.12 bits per heavy atom. The molecule has 1 aliphatic rings. The molecule has 0 radical (unpaired) electrons. The summed E-state index contributed by atoms with van der Waals surface area (Å²) in [7, 11) is 3.70. The predicted octanol–water partition coefficient (Wildman–Crippen LogP) is 4.40. The number of anilines is 1. The van der Waals surface area contributed by atoms with Crippen LogP contribution in [0, 0.1) is 23.4 Å². The zero-order valence-corrected chi connectivity index (χ0v) is 18.1. The standard InChI is InChI=1S/C23H23F4N5O/c1-31(2)5-4-20(14-7-15(24)10-16(25)8-14)29-23(33)32-6-3-13-9-17(19(26)11-21(13)32)18-12-28-30-22(18)27/h7-12,20H,3-6H2,1-2H3,(H,28,30)(H,29,33)/t20-/m1/s1. The number of amides is 2. The molecule has 1 aromatic heterocycles. The van der Waals surface area contributed by atoms with E-state index in [0.29, 0.717) is 36.2 Å². The van der Waals surface area contributed by atoms with Crippen molar-refractivity contribution in [2.24, 2.45) is 0 Å². The Morgan fingerprint density at radius 2 is 1.85 bits per heavy atom. The molecule has 2 amide bonds. The van der Waals surface area contributed by atoms with Crippen LogP contribution >= 0.6 is 0 Å². The maximum Gasteiger partial charge on any atom is 0.322 e. The number of H-pyrrole nitrogens is 1. The first-order valence-corrected chi connectivity index (χ1v) is 10.4. The van der Waals surface area contributed by atoms with Gasteiger partial charge in [0.15, 0.2) is 0 Å². The van der Waals surface area contributed by atoms with Gasteiger partial charge in [0, 0.05) is 24.4 Å². The highest BCUT2D eigenvalue weighted by atomic mass is 19.1. The van der Waals surface area contributed by atoms with Crippen LogP contribution in [0.25, 0.3) is 11.1 Å². The first-order chi connectivity index (χ1) is 15.7. The van der Waals surface area contributed by atoms with Gasteiger partial charge in [-0.15, -0.1) is 5.10 Å². The number of nitrogens with zero attached hydrogens (tertiary/aromatic N) is 3. The minimum Gasteiger partial charge on any atom is -0.331 e. The van der Waals surface area contributed by atoms with Crippen LogP contribution in [0.5, 0.6) is 0 Å². The molecule has 0 saturated carbocycles. The molecule has 0 aliphatic carbocycles. The van der Waals surface area contributed by atoms with Crippen molar-refractivity contribution >= 4 is 11.7 Å². The number of nitrogens with one attached hydrogen (secondary N) is 2. The van der Waals surface area contributed by atoms with E-state index in [1.807, 2.05) is 19.0 Å². The van der Waals surface area contributed by atoms with Crippen molar-refractivity contribution in [3.63, 3.8) is 0 Å². The fourth-order valence-corrected chi connectivity index (χ4v) is 4.00. The minimum absolute atomic E-state index is 0.00934. The van der Waals surface area contributed by atoms with Crippen LogP contribution in [-0.2, 0) is 6.42 Å². The number of carbonyl (C=O) groups excluding carboxylic acids is 1. The van der Waals surface area contributed by atoms with Crippen molar-refractivity contribution in [2.45, 2.75) is 18.9 Å². The Bertz CT molecular complexity index is 1160. The molecule has 1 aliphatic heterocycles. The van der Waals surface area contributed by atoms with Gasteiger partial charge in [-0.05, 0) is 68.9 Å². The second-order valence-corrected chi connectivity index (χ2v) is 8.25. The Kier molecular flexibility index (Phi) is 6.37. The number of benzene rings is 2. The molecular weight excluding hydrogens is 438 g/mol. The maximum atomic E-state index is 14.8. The van der Waals surface area contributed by atoms with Crippen LogP contribution in [0.15, 0.2) is 36.5 Å². The molecule has 2 N–H and O–H groups in total. The monoisotopic (exact) mass is 461 g/mol. The third-order valence-electron chi connectivity index (χ3n) is 5.64. The van der Waals surface area contributed by atoms with E-state index in [4.69, 9.17) is 0 Å². The molecule has 4 rings (SSSR count). The molecule has 33 heavy (non-hydrogen) atoms. The summed E-state index contributed by atoms with van der Waals surface area (Å²) in [5.41, 5.74) is 1.42. The van der Waals surface area contributed by atoms with Crippen LogP contribution in [0.1, 0.15) is 23.6 Å². The van der Waals surface area contributed by atoms with Crippen molar-refractivity contribution in [2.75, 3.05) is 32.1 Å². The maximum absolute atomic E-state index is 14.8. The van der Waals surface area contributed by atoms with Crippen molar-refractivity contribution in [1.29, 1.82) is 0 Å². The van der Waals surface area contributed by atoms with Gasteiger partial charge >= 0.3 is 6.03 Å². The molecule has 0 unspecified atom stereocenters. The zero-order valence-electron chi connectivity index (χ0n) is 18.1. The normalized spacial score (nSPS) is 14.0. The van der Waals surface area contributed by atoms with Crippen molar-refractivity contribution in [3.05, 3.63) is 71.1 Å². The fraction of sp³-hybridized carbons (Fsp3) is 0.304. The van der Waals surface area contributed by atoms with E-state index in [9.17, 15) is 22.4 Å². The Labute approximate surface area is 188 Å². The van der Waals surface area contributed by atoms with Gasteiger partial charge in [-0.2, -0.15) is 4.39 Å². The van der Waals surface area contributed by atoms with Crippen LogP contribution in [0.3, 0.4) is 0 Å². The summed E-state index contributed by atoms with van der Waals surface area (Å²) in [6, 6.07) is 4.69. The Hall–Kier alpha value is -3.40. The Balaban J connectivity index is 1.59. The van der Waals surface area contributed by atoms with E-state index in [1.54, 1.807) is 0 Å². The number of aromatic amines is 1. The summed E-state index contributed by atoms with van der Waals surface area (Å²) in [5, 5.41) is 8.57. The molecule has 1 atom stereocenters. The first-order valence-electron chi connectivity index (χ1n) is 10.4. The summed E-state index contributed by atoms with van der Waals surface area (Å²) in [6.07, 6.45) is 2.13. The molecule has 10 heteroatoms. The van der Waals surface area contributed by atoms with Crippen molar-refractivity contribution in [3.8, 4) is 11.1 Å². The zero-order chi connectivity index (χ0) is 23.7. The third kappa shape index (κ3) is 4.85. The Morgan fingerprint density at radius 3 is 2.48 bits per heavy atom. The lowest BCUT2D eigenvalue weighted by molar-refractivity contribution is 0.240. The summed E-state index contributed by atoms with van der Waals surface area (Å²) in [6.45, 7) is 0.851. The van der Waals surface area contributed by atoms with Crippen LogP contribution in [-0.4, -0.2) is 48.3 Å². The quantitative estimate of drug-likeness (QED) is 0.535. The SMILES string of the molecule is CN(C)CC[C@@H](NC(=O)N1CCc2cc(-c3c[nH]nc3F)c(F)cc21)c1cc(F)cc(F)c1. The van der Waals surface area contributed by atoms with E-state index in [-0.39, 0.29) is 17.7 Å². The fourth-order valence-electron chi connectivity index (χ4n) is 4.00. The van der Waals surface area contributed by atoms with Gasteiger partial charge in [0.1, 0.15) is 17.5 Å². The van der Waals surface area contributed by atoms with Gasteiger partial charge in [-0.3, -0.25) is 10.00 Å². The molecule has 0 saturated heterocycles. The van der Waals surface area contributed by atoms with Gasteiger partial charge in [0.05, 0.1) is 17.3 Å². The topological polar surface area (TPSA) is 64.3 Å². The lowest BCUT2D eigenvalue weighted by Gasteiger charge is -2.25. The summed E-state index contributed by atoms with van der Waals surface area (Å²) >= 11 is 0. The highest BCUT2D eigenvalue weighted by Crippen LogP contribution is 2.35. The molecule has 174 valence electrons. The third-order valence-corrected chi connectivity index (χ3v) is 5.64. The number of rotatable bonds is 6. The smallest absolute Gasteiger partial charge is 0.322 e. The van der Waals surface area contributed by atoms with Gasteiger partial charge in [0.25, 0.3) is 0 Å². The number of hydrogen-bond acceptors (Lipinski definition) is 3. The second kappa shape index (κ2) is 9.22. The van der Waals surface area contributed by atoms with Gasteiger partial charge in [-0.1, -0.05) is 0 Å². The van der Waals surface area contributed by atoms with E-state index in [1.165, 1.54) is 35.4 Å². The van der Waals surface area contributed by atoms with E-state index < -0.39 is 35.5 Å². The van der Waals surface area contributed by atoms with Crippen LogP contribution in [0.4, 0.5) is 28.0 Å². The minimum atomic E-state index is -0.812. The molecule has 0 bridgehead atoms. The molecule has 0 fully saturated rings. The second-order valence-electron chi connectivity index (χ2n) is 8.25. The highest BCUT2D eigenvalue weighted by Gasteiger charge is 2.29. The predicted molar refractivity (Wildman–Crippen MR) is 116 cm³/mol. The molecule has 2 aromatic carbocycles. The average molecular weight is 461 g/mol. The highest BCUT2D eigenvalue weighted by molar-refractivity contribution is 5.95. The van der Waals surface area contributed by atoms with E-state index in [0.717, 1.165) is 6.07 Å². The van der Waals surface area contributed by atoms with Crippen LogP contribution in [0.2, 0.25) is 0 Å². The number of fused-ring (bicyclic) bond motifs is 1. The van der Waals surface area contributed by atoms with Gasteiger partial charge in [-0.25, -0.2) is 18.0 Å².